The predicted octanol–water partition coefficient (Wildman–Crippen LogP) is 3.59. The molecule has 144 valence electrons. The average molecular weight is 368 g/mol. The molecule has 2 rings (SSSR count). The zero-order chi connectivity index (χ0) is 19.5. The number of hydrogen-bond donors (Lipinski definition) is 2. The monoisotopic (exact) mass is 368 g/mol. The van der Waals surface area contributed by atoms with Gasteiger partial charge >= 0.3 is 0 Å². The van der Waals surface area contributed by atoms with Gasteiger partial charge in [-0.2, -0.15) is 0 Å². The Morgan fingerprint density at radius 3 is 2.04 bits per heavy atom. The summed E-state index contributed by atoms with van der Waals surface area (Å²) in [5.41, 5.74) is 2.16. The second kappa shape index (κ2) is 11.0. The Morgan fingerprint density at radius 1 is 0.852 bits per heavy atom. The third kappa shape index (κ3) is 6.44. The standard InChI is InChI=1S/C22H28N2O3/c1-3-4-7-15-23-21(25)18-10-12-19(13-11-18)22(26)24-16-14-17-8-5-6-9-20(17)27-2/h5-6,8-13H,3-4,7,14-16H2,1-2H3,(H,23,25)(H,24,26). The van der Waals surface area contributed by atoms with Gasteiger partial charge in [0.05, 0.1) is 7.11 Å². The number of nitrogens with one attached hydrogen (secondary N) is 2. The molecule has 0 saturated carbocycles. The number of rotatable bonds is 10. The first-order chi connectivity index (χ1) is 13.2. The Balaban J connectivity index is 1.82. The predicted molar refractivity (Wildman–Crippen MR) is 107 cm³/mol. The van der Waals surface area contributed by atoms with Crippen molar-refractivity contribution in [2.75, 3.05) is 20.2 Å². The van der Waals surface area contributed by atoms with Crippen LogP contribution in [0.15, 0.2) is 48.5 Å². The smallest absolute Gasteiger partial charge is 0.251 e. The van der Waals surface area contributed by atoms with Crippen LogP contribution < -0.4 is 15.4 Å². The highest BCUT2D eigenvalue weighted by atomic mass is 16.5. The SMILES string of the molecule is CCCCCNC(=O)c1ccc(C(=O)NCCc2ccccc2OC)cc1. The molecule has 0 heterocycles. The van der Waals surface area contributed by atoms with E-state index in [-0.39, 0.29) is 11.8 Å². The van der Waals surface area contributed by atoms with Crippen molar-refractivity contribution in [3.8, 4) is 5.75 Å². The van der Waals surface area contributed by atoms with E-state index in [0.29, 0.717) is 30.6 Å². The van der Waals surface area contributed by atoms with Crippen LogP contribution in [0.5, 0.6) is 5.75 Å². The van der Waals surface area contributed by atoms with Crippen LogP contribution in [0.4, 0.5) is 0 Å². The highest BCUT2D eigenvalue weighted by Crippen LogP contribution is 2.17. The summed E-state index contributed by atoms with van der Waals surface area (Å²) >= 11 is 0. The lowest BCUT2D eigenvalue weighted by molar-refractivity contribution is 0.0941. The lowest BCUT2D eigenvalue weighted by Crippen LogP contribution is -2.26. The van der Waals surface area contributed by atoms with Crippen molar-refractivity contribution in [3.05, 3.63) is 65.2 Å². The van der Waals surface area contributed by atoms with Gasteiger partial charge in [-0.1, -0.05) is 38.0 Å². The zero-order valence-corrected chi connectivity index (χ0v) is 16.1. The van der Waals surface area contributed by atoms with E-state index in [4.69, 9.17) is 4.74 Å². The molecule has 0 aliphatic carbocycles. The maximum Gasteiger partial charge on any atom is 0.251 e. The van der Waals surface area contributed by atoms with Gasteiger partial charge in [0, 0.05) is 24.2 Å². The third-order valence-electron chi connectivity index (χ3n) is 4.35. The van der Waals surface area contributed by atoms with Crippen molar-refractivity contribution in [2.24, 2.45) is 0 Å². The van der Waals surface area contributed by atoms with Gasteiger partial charge < -0.3 is 15.4 Å². The zero-order valence-electron chi connectivity index (χ0n) is 16.1. The lowest BCUT2D eigenvalue weighted by atomic mass is 10.1. The number of carbonyl (C=O) groups excluding carboxylic acids is 2. The molecule has 2 aromatic rings. The number of para-hydroxylation sites is 1. The maximum atomic E-state index is 12.3. The van der Waals surface area contributed by atoms with Crippen LogP contribution in [-0.2, 0) is 6.42 Å². The first-order valence-corrected chi connectivity index (χ1v) is 9.44. The van der Waals surface area contributed by atoms with Crippen molar-refractivity contribution >= 4 is 11.8 Å². The van der Waals surface area contributed by atoms with Gasteiger partial charge in [-0.05, 0) is 48.7 Å². The molecule has 0 radical (unpaired) electrons. The van der Waals surface area contributed by atoms with E-state index >= 15 is 0 Å². The second-order valence-electron chi connectivity index (χ2n) is 6.36. The van der Waals surface area contributed by atoms with E-state index in [0.717, 1.165) is 30.6 Å². The normalized spacial score (nSPS) is 10.3. The molecule has 0 saturated heterocycles. The van der Waals surface area contributed by atoms with Crippen molar-refractivity contribution in [2.45, 2.75) is 32.6 Å². The number of benzene rings is 2. The van der Waals surface area contributed by atoms with Crippen LogP contribution in [0.2, 0.25) is 0 Å². The summed E-state index contributed by atoms with van der Waals surface area (Å²) in [6.07, 6.45) is 3.90. The molecule has 0 aliphatic rings. The van der Waals surface area contributed by atoms with Crippen molar-refractivity contribution in [3.63, 3.8) is 0 Å². The van der Waals surface area contributed by atoms with E-state index < -0.39 is 0 Å². The van der Waals surface area contributed by atoms with Crippen molar-refractivity contribution < 1.29 is 14.3 Å². The summed E-state index contributed by atoms with van der Waals surface area (Å²) in [6, 6.07) is 14.5. The fourth-order valence-corrected chi connectivity index (χ4v) is 2.77. The Morgan fingerprint density at radius 2 is 1.44 bits per heavy atom. The molecule has 5 nitrogen and oxygen atoms in total. The van der Waals surface area contributed by atoms with Gasteiger partial charge in [-0.25, -0.2) is 0 Å². The summed E-state index contributed by atoms with van der Waals surface area (Å²) in [5.74, 6) is 0.565. The quantitative estimate of drug-likeness (QED) is 0.630. The van der Waals surface area contributed by atoms with Crippen LogP contribution in [-0.4, -0.2) is 32.0 Å². The van der Waals surface area contributed by atoms with Crippen LogP contribution in [0.1, 0.15) is 52.5 Å². The summed E-state index contributed by atoms with van der Waals surface area (Å²) in [4.78, 5) is 24.3. The van der Waals surface area contributed by atoms with E-state index in [2.05, 4.69) is 17.6 Å². The summed E-state index contributed by atoms with van der Waals surface area (Å²) < 4.78 is 5.31. The van der Waals surface area contributed by atoms with Gasteiger partial charge in [0.2, 0.25) is 0 Å². The summed E-state index contributed by atoms with van der Waals surface area (Å²) in [6.45, 7) is 3.32. The lowest BCUT2D eigenvalue weighted by Gasteiger charge is -2.09. The first-order valence-electron chi connectivity index (χ1n) is 9.44. The van der Waals surface area contributed by atoms with Crippen molar-refractivity contribution in [1.29, 1.82) is 0 Å². The Kier molecular flexibility index (Phi) is 8.36. The van der Waals surface area contributed by atoms with E-state index in [9.17, 15) is 9.59 Å². The van der Waals surface area contributed by atoms with Crippen LogP contribution >= 0.6 is 0 Å². The third-order valence-corrected chi connectivity index (χ3v) is 4.35. The Labute approximate surface area is 161 Å². The number of amides is 2. The molecule has 0 bridgehead atoms. The molecule has 5 heteroatoms. The molecular weight excluding hydrogens is 340 g/mol. The molecular formula is C22H28N2O3. The highest BCUT2D eigenvalue weighted by Gasteiger charge is 2.09. The average Bonchev–Trinajstić information content (AvgIpc) is 2.71. The van der Waals surface area contributed by atoms with Gasteiger partial charge in [0.1, 0.15) is 5.75 Å². The Hall–Kier alpha value is -2.82. The molecule has 0 unspecified atom stereocenters. The van der Waals surface area contributed by atoms with Crippen LogP contribution in [0.3, 0.4) is 0 Å². The Bertz CT molecular complexity index is 741. The summed E-state index contributed by atoms with van der Waals surface area (Å²) in [5, 5.41) is 5.80. The van der Waals surface area contributed by atoms with Gasteiger partial charge in [0.25, 0.3) is 11.8 Å². The minimum absolute atomic E-state index is 0.103. The number of unbranched alkanes of at least 4 members (excludes halogenated alkanes) is 2. The molecule has 27 heavy (non-hydrogen) atoms. The first kappa shape index (κ1) is 20.5. The fourth-order valence-electron chi connectivity index (χ4n) is 2.77. The van der Waals surface area contributed by atoms with Gasteiger partial charge in [0.15, 0.2) is 0 Å². The molecule has 0 aliphatic heterocycles. The van der Waals surface area contributed by atoms with E-state index in [1.54, 1.807) is 31.4 Å². The summed E-state index contributed by atoms with van der Waals surface area (Å²) in [7, 11) is 1.64. The number of methoxy groups -OCH3 is 1. The molecule has 0 aromatic heterocycles. The van der Waals surface area contributed by atoms with Crippen LogP contribution in [0.25, 0.3) is 0 Å². The van der Waals surface area contributed by atoms with E-state index in [1.165, 1.54) is 0 Å². The number of hydrogen-bond acceptors (Lipinski definition) is 3. The molecule has 0 fully saturated rings. The molecule has 0 atom stereocenters. The largest absolute Gasteiger partial charge is 0.496 e. The van der Waals surface area contributed by atoms with Gasteiger partial charge in [-0.3, -0.25) is 9.59 Å². The van der Waals surface area contributed by atoms with Crippen molar-refractivity contribution in [1.82, 2.24) is 10.6 Å². The number of ether oxygens (including phenoxy) is 1. The van der Waals surface area contributed by atoms with Gasteiger partial charge in [-0.15, -0.1) is 0 Å². The second-order valence-corrected chi connectivity index (χ2v) is 6.36. The maximum absolute atomic E-state index is 12.3. The minimum Gasteiger partial charge on any atom is -0.496 e. The van der Waals surface area contributed by atoms with Crippen LogP contribution in [0, 0.1) is 0 Å². The minimum atomic E-state index is -0.153. The highest BCUT2D eigenvalue weighted by molar-refractivity contribution is 5.97. The number of carbonyl (C=O) groups is 2. The topological polar surface area (TPSA) is 67.4 Å². The van der Waals surface area contributed by atoms with E-state index in [1.807, 2.05) is 24.3 Å². The molecule has 0 spiro atoms. The molecule has 2 amide bonds. The molecule has 2 aromatic carbocycles. The molecule has 2 N–H and O–H groups in total. The fraction of sp³-hybridized carbons (Fsp3) is 0.364.